The van der Waals surface area contributed by atoms with Gasteiger partial charge >= 0.3 is 0 Å². The summed E-state index contributed by atoms with van der Waals surface area (Å²) in [5.74, 6) is -1.75. The fraction of sp³-hybridized carbons (Fsp3) is 0.600. The van der Waals surface area contributed by atoms with Crippen LogP contribution in [-0.4, -0.2) is 26.8 Å². The zero-order valence-corrected chi connectivity index (χ0v) is 13.0. The standard InChI is InChI=1S/C15H22ClF2NO/c1-15(2,10-19-6-7-20-3)5-4-11-8-13(17)14(18)9-12(11)16/h8-9,19H,4-7,10H2,1-3H3. The van der Waals surface area contributed by atoms with Gasteiger partial charge in [0.2, 0.25) is 0 Å². The van der Waals surface area contributed by atoms with Crippen molar-refractivity contribution in [3.63, 3.8) is 0 Å². The first-order valence-corrected chi connectivity index (χ1v) is 7.06. The second-order valence-corrected chi connectivity index (χ2v) is 6.10. The molecule has 0 radical (unpaired) electrons. The molecule has 1 rings (SSSR count). The maximum Gasteiger partial charge on any atom is 0.160 e. The third-order valence-electron chi connectivity index (χ3n) is 3.25. The molecule has 2 nitrogen and oxygen atoms in total. The van der Waals surface area contributed by atoms with Gasteiger partial charge in [-0.25, -0.2) is 8.78 Å². The van der Waals surface area contributed by atoms with Gasteiger partial charge < -0.3 is 10.1 Å². The van der Waals surface area contributed by atoms with Gasteiger partial charge in [0.05, 0.1) is 6.61 Å². The van der Waals surface area contributed by atoms with Gasteiger partial charge in [0.1, 0.15) is 0 Å². The van der Waals surface area contributed by atoms with Gasteiger partial charge in [-0.15, -0.1) is 0 Å². The molecule has 0 fully saturated rings. The number of aryl methyl sites for hydroxylation is 1. The van der Waals surface area contributed by atoms with Gasteiger partial charge in [-0.3, -0.25) is 0 Å². The van der Waals surface area contributed by atoms with E-state index in [-0.39, 0.29) is 10.4 Å². The summed E-state index contributed by atoms with van der Waals surface area (Å²) < 4.78 is 31.2. The first-order chi connectivity index (χ1) is 9.35. The molecule has 0 spiro atoms. The van der Waals surface area contributed by atoms with E-state index in [9.17, 15) is 8.78 Å². The molecule has 1 aromatic rings. The van der Waals surface area contributed by atoms with Crippen molar-refractivity contribution in [1.29, 1.82) is 0 Å². The van der Waals surface area contributed by atoms with E-state index in [1.165, 1.54) is 6.07 Å². The van der Waals surface area contributed by atoms with Crippen molar-refractivity contribution in [3.05, 3.63) is 34.4 Å². The second kappa shape index (κ2) is 7.91. The second-order valence-electron chi connectivity index (χ2n) is 5.69. The Hall–Kier alpha value is -0.710. The fourth-order valence-electron chi connectivity index (χ4n) is 1.92. The molecule has 0 bridgehead atoms. The van der Waals surface area contributed by atoms with Crippen molar-refractivity contribution in [2.75, 3.05) is 26.8 Å². The predicted molar refractivity (Wildman–Crippen MR) is 78.2 cm³/mol. The first-order valence-electron chi connectivity index (χ1n) is 6.69. The number of halogens is 3. The molecule has 0 saturated carbocycles. The Morgan fingerprint density at radius 1 is 1.25 bits per heavy atom. The summed E-state index contributed by atoms with van der Waals surface area (Å²) in [5.41, 5.74) is 0.692. The van der Waals surface area contributed by atoms with Crippen LogP contribution in [0.4, 0.5) is 8.78 Å². The zero-order chi connectivity index (χ0) is 15.2. The number of hydrogen-bond donors (Lipinski definition) is 1. The fourth-order valence-corrected chi connectivity index (χ4v) is 2.16. The molecule has 0 amide bonds. The monoisotopic (exact) mass is 305 g/mol. The molecule has 20 heavy (non-hydrogen) atoms. The van der Waals surface area contributed by atoms with Gasteiger partial charge in [0.25, 0.3) is 0 Å². The Kier molecular flexibility index (Phi) is 6.86. The minimum Gasteiger partial charge on any atom is -0.383 e. The Bertz CT molecular complexity index is 438. The SMILES string of the molecule is COCCNCC(C)(C)CCc1cc(F)c(F)cc1Cl. The number of hydrogen-bond acceptors (Lipinski definition) is 2. The molecule has 0 aliphatic rings. The lowest BCUT2D eigenvalue weighted by Gasteiger charge is -2.25. The van der Waals surface area contributed by atoms with Crippen molar-refractivity contribution in [3.8, 4) is 0 Å². The number of methoxy groups -OCH3 is 1. The van der Waals surface area contributed by atoms with E-state index in [0.717, 1.165) is 25.6 Å². The number of benzene rings is 1. The maximum absolute atomic E-state index is 13.2. The topological polar surface area (TPSA) is 21.3 Å². The molecule has 0 aliphatic carbocycles. The number of nitrogens with one attached hydrogen (secondary N) is 1. The van der Waals surface area contributed by atoms with E-state index in [0.29, 0.717) is 18.6 Å². The van der Waals surface area contributed by atoms with Gasteiger partial charge in [-0.1, -0.05) is 25.4 Å². The van der Waals surface area contributed by atoms with Crippen LogP contribution in [0.5, 0.6) is 0 Å². The quantitative estimate of drug-likeness (QED) is 0.582. The summed E-state index contributed by atoms with van der Waals surface area (Å²) in [6.07, 6.45) is 1.45. The van der Waals surface area contributed by atoms with Crippen LogP contribution in [0.1, 0.15) is 25.8 Å². The molecule has 0 aliphatic heterocycles. The van der Waals surface area contributed by atoms with Crippen molar-refractivity contribution in [2.45, 2.75) is 26.7 Å². The van der Waals surface area contributed by atoms with Crippen LogP contribution in [0.15, 0.2) is 12.1 Å². The van der Waals surface area contributed by atoms with Crippen LogP contribution >= 0.6 is 11.6 Å². The molecular weight excluding hydrogens is 284 g/mol. The van der Waals surface area contributed by atoms with Crippen LogP contribution in [0.25, 0.3) is 0 Å². The summed E-state index contributed by atoms with van der Waals surface area (Å²) in [5, 5.41) is 3.59. The van der Waals surface area contributed by atoms with E-state index in [4.69, 9.17) is 16.3 Å². The van der Waals surface area contributed by atoms with Gasteiger partial charge in [-0.2, -0.15) is 0 Å². The molecule has 0 atom stereocenters. The molecule has 1 aromatic carbocycles. The van der Waals surface area contributed by atoms with Crippen molar-refractivity contribution in [2.24, 2.45) is 5.41 Å². The summed E-state index contributed by atoms with van der Waals surface area (Å²) in [7, 11) is 1.66. The van der Waals surface area contributed by atoms with Crippen LogP contribution < -0.4 is 5.32 Å². The lowest BCUT2D eigenvalue weighted by Crippen LogP contribution is -2.32. The highest BCUT2D eigenvalue weighted by Crippen LogP contribution is 2.26. The Morgan fingerprint density at radius 2 is 1.90 bits per heavy atom. The van der Waals surface area contributed by atoms with Crippen LogP contribution in [-0.2, 0) is 11.2 Å². The van der Waals surface area contributed by atoms with Crippen LogP contribution in [0.2, 0.25) is 5.02 Å². The minimum absolute atomic E-state index is 0.0436. The van der Waals surface area contributed by atoms with Crippen molar-refractivity contribution >= 4 is 11.6 Å². The highest BCUT2D eigenvalue weighted by molar-refractivity contribution is 6.31. The van der Waals surface area contributed by atoms with Crippen molar-refractivity contribution < 1.29 is 13.5 Å². The van der Waals surface area contributed by atoms with E-state index in [1.807, 2.05) is 0 Å². The third-order valence-corrected chi connectivity index (χ3v) is 3.60. The summed E-state index contributed by atoms with van der Waals surface area (Å²) in [6, 6.07) is 2.22. The summed E-state index contributed by atoms with van der Waals surface area (Å²) in [6.45, 7) is 6.55. The van der Waals surface area contributed by atoms with Crippen LogP contribution in [0, 0.1) is 17.0 Å². The van der Waals surface area contributed by atoms with Gasteiger partial charge in [0, 0.05) is 25.2 Å². The first kappa shape index (κ1) is 17.3. The van der Waals surface area contributed by atoms with E-state index >= 15 is 0 Å². The van der Waals surface area contributed by atoms with Crippen molar-refractivity contribution in [1.82, 2.24) is 5.32 Å². The van der Waals surface area contributed by atoms with Gasteiger partial charge in [-0.05, 0) is 36.0 Å². The molecule has 0 saturated heterocycles. The normalized spacial score (nSPS) is 11.9. The Labute approximate surface area is 124 Å². The number of ether oxygens (including phenoxy) is 1. The average Bonchev–Trinajstić information content (AvgIpc) is 2.37. The molecule has 5 heteroatoms. The smallest absolute Gasteiger partial charge is 0.160 e. The lowest BCUT2D eigenvalue weighted by atomic mass is 9.86. The number of rotatable bonds is 8. The molecule has 1 N–H and O–H groups in total. The van der Waals surface area contributed by atoms with E-state index < -0.39 is 11.6 Å². The largest absolute Gasteiger partial charge is 0.383 e. The van der Waals surface area contributed by atoms with Crippen LogP contribution in [0.3, 0.4) is 0 Å². The highest BCUT2D eigenvalue weighted by atomic mass is 35.5. The summed E-state index contributed by atoms with van der Waals surface area (Å²) >= 11 is 5.94. The minimum atomic E-state index is -0.903. The third kappa shape index (κ3) is 5.73. The zero-order valence-electron chi connectivity index (χ0n) is 12.2. The Morgan fingerprint density at radius 3 is 2.55 bits per heavy atom. The molecule has 0 heterocycles. The summed E-state index contributed by atoms with van der Waals surface area (Å²) in [4.78, 5) is 0. The van der Waals surface area contributed by atoms with E-state index in [1.54, 1.807) is 7.11 Å². The molecule has 114 valence electrons. The molecule has 0 aromatic heterocycles. The average molecular weight is 306 g/mol. The molecular formula is C15H22ClF2NO. The predicted octanol–water partition coefficient (Wildman–Crippen LogP) is 3.81. The van der Waals surface area contributed by atoms with Gasteiger partial charge in [0.15, 0.2) is 11.6 Å². The highest BCUT2D eigenvalue weighted by Gasteiger charge is 2.18. The van der Waals surface area contributed by atoms with E-state index in [2.05, 4.69) is 19.2 Å². The lowest BCUT2D eigenvalue weighted by molar-refractivity contribution is 0.193. The molecule has 0 unspecified atom stereocenters. The Balaban J connectivity index is 2.51. The maximum atomic E-state index is 13.2.